The molecule has 1 amide bonds. The summed E-state index contributed by atoms with van der Waals surface area (Å²) < 4.78 is 45.2. The summed E-state index contributed by atoms with van der Waals surface area (Å²) in [4.78, 5) is 17.8. The lowest BCUT2D eigenvalue weighted by Crippen LogP contribution is -2.42. The highest BCUT2D eigenvalue weighted by molar-refractivity contribution is 5.91. The number of carbonyl (C=O) groups excluding carboxylic acids is 1. The third-order valence-electron chi connectivity index (χ3n) is 3.84. The van der Waals surface area contributed by atoms with Crippen LogP contribution < -0.4 is 10.1 Å². The van der Waals surface area contributed by atoms with Crippen LogP contribution in [0.4, 0.5) is 19.0 Å². The first-order valence-corrected chi connectivity index (χ1v) is 7.72. The highest BCUT2D eigenvalue weighted by Crippen LogP contribution is 2.23. The maximum absolute atomic E-state index is 12.2. The number of alkyl halides is 3. The number of piperidine rings is 1. The number of carbonyl (C=O) groups is 1. The molecule has 1 aliphatic rings. The summed E-state index contributed by atoms with van der Waals surface area (Å²) in [5, 5.41) is 3.16. The van der Waals surface area contributed by atoms with E-state index in [-0.39, 0.29) is 17.7 Å². The van der Waals surface area contributed by atoms with Gasteiger partial charge in [-0.25, -0.2) is 4.98 Å². The van der Waals surface area contributed by atoms with E-state index in [9.17, 15) is 18.0 Å². The number of halogens is 3. The minimum atomic E-state index is -4.73. The fourth-order valence-electron chi connectivity index (χ4n) is 2.65. The van der Waals surface area contributed by atoms with E-state index in [1.807, 2.05) is 0 Å². The molecule has 1 aliphatic heterocycles. The monoisotopic (exact) mass is 355 g/mol. The number of anilines is 1. The van der Waals surface area contributed by atoms with Crippen molar-refractivity contribution >= 4 is 11.7 Å². The van der Waals surface area contributed by atoms with Crippen molar-refractivity contribution in [1.82, 2.24) is 9.88 Å². The van der Waals surface area contributed by atoms with Gasteiger partial charge in [0.25, 0.3) is 5.91 Å². The molecule has 3 rings (SSSR count). The molecule has 1 fully saturated rings. The Balaban J connectivity index is 1.50. The van der Waals surface area contributed by atoms with Gasteiger partial charge in [0.15, 0.2) is 5.76 Å². The molecule has 9 heteroatoms. The van der Waals surface area contributed by atoms with E-state index in [0.29, 0.717) is 37.5 Å². The number of hydrogen-bond donors (Lipinski definition) is 1. The molecule has 0 unspecified atom stereocenters. The third kappa shape index (κ3) is 4.65. The van der Waals surface area contributed by atoms with Crippen molar-refractivity contribution in [1.29, 1.82) is 0 Å². The zero-order valence-corrected chi connectivity index (χ0v) is 13.1. The van der Waals surface area contributed by atoms with Crippen molar-refractivity contribution in [2.75, 3.05) is 18.4 Å². The smallest absolute Gasteiger partial charge is 0.459 e. The zero-order chi connectivity index (χ0) is 17.9. The fourth-order valence-corrected chi connectivity index (χ4v) is 2.65. The summed E-state index contributed by atoms with van der Waals surface area (Å²) in [5.41, 5.74) is 0. The Labute approximate surface area is 141 Å². The Bertz CT molecular complexity index is 694. The van der Waals surface area contributed by atoms with E-state index >= 15 is 0 Å². The molecule has 0 spiro atoms. The Morgan fingerprint density at radius 1 is 1.28 bits per heavy atom. The van der Waals surface area contributed by atoms with Crippen LogP contribution in [0.5, 0.6) is 5.75 Å². The topological polar surface area (TPSA) is 67.6 Å². The second-order valence-electron chi connectivity index (χ2n) is 5.62. The van der Waals surface area contributed by atoms with Gasteiger partial charge in [-0.05, 0) is 37.1 Å². The van der Waals surface area contributed by atoms with Crippen molar-refractivity contribution in [3.63, 3.8) is 0 Å². The maximum Gasteiger partial charge on any atom is 0.573 e. The molecule has 3 heterocycles. The van der Waals surface area contributed by atoms with Gasteiger partial charge in [0.05, 0.1) is 12.5 Å². The Morgan fingerprint density at radius 2 is 2.04 bits per heavy atom. The van der Waals surface area contributed by atoms with Gasteiger partial charge in [-0.2, -0.15) is 0 Å². The number of furan rings is 1. The van der Waals surface area contributed by atoms with Crippen molar-refractivity contribution in [2.24, 2.45) is 0 Å². The molecule has 6 nitrogen and oxygen atoms in total. The predicted octanol–water partition coefficient (Wildman–Crippen LogP) is 3.29. The number of hydrogen-bond acceptors (Lipinski definition) is 5. The molecule has 1 N–H and O–H groups in total. The summed E-state index contributed by atoms with van der Waals surface area (Å²) in [6, 6.07) is 6.02. The SMILES string of the molecule is O=C(c1ccco1)N1CCC(Nc2ccc(OC(F)(F)F)cn2)CC1. The van der Waals surface area contributed by atoms with Crippen LogP contribution in [0.3, 0.4) is 0 Å². The van der Waals surface area contributed by atoms with Gasteiger partial charge >= 0.3 is 6.36 Å². The van der Waals surface area contributed by atoms with Crippen LogP contribution in [0.25, 0.3) is 0 Å². The van der Waals surface area contributed by atoms with Crippen LogP contribution in [-0.4, -0.2) is 41.3 Å². The van der Waals surface area contributed by atoms with E-state index < -0.39 is 6.36 Å². The first kappa shape index (κ1) is 17.1. The standard InChI is InChI=1S/C16H16F3N3O3/c17-16(18,19)25-12-3-4-14(20-10-12)21-11-5-7-22(8-6-11)15(23)13-2-1-9-24-13/h1-4,9-11H,5-8H2,(H,20,21). The van der Waals surface area contributed by atoms with Crippen LogP contribution in [0.1, 0.15) is 23.4 Å². The summed E-state index contributed by atoms with van der Waals surface area (Å²) in [5.74, 6) is 0.269. The molecule has 2 aromatic rings. The maximum atomic E-state index is 12.2. The molecule has 0 saturated carbocycles. The molecule has 1 saturated heterocycles. The average Bonchev–Trinajstić information content (AvgIpc) is 3.10. The number of likely N-dealkylation sites (tertiary alicyclic amines) is 1. The van der Waals surface area contributed by atoms with Gasteiger partial charge in [-0.1, -0.05) is 0 Å². The van der Waals surface area contributed by atoms with Gasteiger partial charge in [0, 0.05) is 19.1 Å². The minimum Gasteiger partial charge on any atom is -0.459 e. The van der Waals surface area contributed by atoms with Crippen molar-refractivity contribution < 1.29 is 27.1 Å². The van der Waals surface area contributed by atoms with Crippen molar-refractivity contribution in [3.8, 4) is 5.75 Å². The molecular formula is C16H16F3N3O3. The Hall–Kier alpha value is -2.71. The van der Waals surface area contributed by atoms with E-state index in [0.717, 1.165) is 6.20 Å². The molecule has 2 aromatic heterocycles. The normalized spacial score (nSPS) is 15.9. The third-order valence-corrected chi connectivity index (χ3v) is 3.84. The van der Waals surface area contributed by atoms with Crippen LogP contribution in [-0.2, 0) is 0 Å². The summed E-state index contributed by atoms with van der Waals surface area (Å²) in [7, 11) is 0. The van der Waals surface area contributed by atoms with E-state index in [1.165, 1.54) is 18.4 Å². The van der Waals surface area contributed by atoms with Crippen LogP contribution in [0.2, 0.25) is 0 Å². The fraction of sp³-hybridized carbons (Fsp3) is 0.375. The number of ether oxygens (including phenoxy) is 1. The van der Waals surface area contributed by atoms with Crippen LogP contribution in [0.15, 0.2) is 41.1 Å². The zero-order valence-electron chi connectivity index (χ0n) is 13.1. The van der Waals surface area contributed by atoms with Gasteiger partial charge < -0.3 is 19.4 Å². The van der Waals surface area contributed by atoms with Crippen molar-refractivity contribution in [3.05, 3.63) is 42.5 Å². The molecule has 0 aromatic carbocycles. The Morgan fingerprint density at radius 3 is 2.60 bits per heavy atom. The molecular weight excluding hydrogens is 339 g/mol. The van der Waals surface area contributed by atoms with E-state index in [1.54, 1.807) is 17.0 Å². The molecule has 134 valence electrons. The number of aromatic nitrogens is 1. The lowest BCUT2D eigenvalue weighted by molar-refractivity contribution is -0.274. The minimum absolute atomic E-state index is 0.0857. The number of nitrogens with zero attached hydrogens (tertiary/aromatic N) is 2. The number of amides is 1. The van der Waals surface area contributed by atoms with Crippen LogP contribution in [0, 0.1) is 0 Å². The molecule has 0 aliphatic carbocycles. The van der Waals surface area contributed by atoms with Gasteiger partial charge in [0.2, 0.25) is 0 Å². The largest absolute Gasteiger partial charge is 0.573 e. The summed E-state index contributed by atoms with van der Waals surface area (Å²) in [6.07, 6.45) is -0.849. The first-order valence-electron chi connectivity index (χ1n) is 7.72. The lowest BCUT2D eigenvalue weighted by Gasteiger charge is -2.32. The van der Waals surface area contributed by atoms with E-state index in [2.05, 4.69) is 15.0 Å². The summed E-state index contributed by atoms with van der Waals surface area (Å²) >= 11 is 0. The van der Waals surface area contributed by atoms with Crippen molar-refractivity contribution in [2.45, 2.75) is 25.2 Å². The molecule has 0 atom stereocenters. The number of nitrogens with one attached hydrogen (secondary N) is 1. The molecule has 0 radical (unpaired) electrons. The van der Waals surface area contributed by atoms with Gasteiger partial charge in [-0.15, -0.1) is 13.2 Å². The molecule has 25 heavy (non-hydrogen) atoms. The lowest BCUT2D eigenvalue weighted by atomic mass is 10.0. The summed E-state index contributed by atoms with van der Waals surface area (Å²) in [6.45, 7) is 1.12. The second kappa shape index (κ2) is 7.04. The van der Waals surface area contributed by atoms with E-state index in [4.69, 9.17) is 4.42 Å². The predicted molar refractivity (Wildman–Crippen MR) is 82.2 cm³/mol. The van der Waals surface area contributed by atoms with Gasteiger partial charge in [0.1, 0.15) is 11.6 Å². The molecule has 0 bridgehead atoms. The number of pyridine rings is 1. The number of rotatable bonds is 4. The van der Waals surface area contributed by atoms with Crippen LogP contribution >= 0.6 is 0 Å². The first-order chi connectivity index (χ1) is 11.9. The quantitative estimate of drug-likeness (QED) is 0.912. The highest BCUT2D eigenvalue weighted by atomic mass is 19.4. The average molecular weight is 355 g/mol. The Kier molecular flexibility index (Phi) is 4.82. The van der Waals surface area contributed by atoms with Gasteiger partial charge in [-0.3, -0.25) is 4.79 Å². The second-order valence-corrected chi connectivity index (χ2v) is 5.62. The highest BCUT2D eigenvalue weighted by Gasteiger charge is 2.31.